The Labute approximate surface area is 115 Å². The molecule has 0 aromatic heterocycles. The van der Waals surface area contributed by atoms with Gasteiger partial charge in [0.05, 0.1) is 7.11 Å². The molecule has 0 aliphatic rings. The van der Waals surface area contributed by atoms with Gasteiger partial charge in [-0.2, -0.15) is 0 Å². The lowest BCUT2D eigenvalue weighted by atomic mass is 9.97. The van der Waals surface area contributed by atoms with Gasteiger partial charge in [-0.3, -0.25) is 4.79 Å². The topological polar surface area (TPSA) is 72.5 Å². The molecule has 4 nitrogen and oxygen atoms in total. The van der Waals surface area contributed by atoms with Crippen molar-refractivity contribution in [3.63, 3.8) is 0 Å². The summed E-state index contributed by atoms with van der Waals surface area (Å²) in [5, 5.41) is 8.72. The van der Waals surface area contributed by atoms with Crippen molar-refractivity contribution in [2.24, 2.45) is 5.73 Å². The van der Waals surface area contributed by atoms with Crippen LogP contribution in [0.15, 0.2) is 10.5 Å². The SMILES string of the molecule is COc1c(C)cc(C)c(Br)c1C(N)CCC(=O)O. The summed E-state index contributed by atoms with van der Waals surface area (Å²) in [6.45, 7) is 3.93. The molecule has 0 bridgehead atoms. The largest absolute Gasteiger partial charge is 0.496 e. The van der Waals surface area contributed by atoms with E-state index in [0.717, 1.165) is 26.9 Å². The van der Waals surface area contributed by atoms with Crippen LogP contribution in [0.1, 0.15) is 35.6 Å². The maximum Gasteiger partial charge on any atom is 0.303 e. The zero-order valence-electron chi connectivity index (χ0n) is 10.8. The molecule has 0 radical (unpaired) electrons. The number of nitrogens with two attached hydrogens (primary N) is 1. The van der Waals surface area contributed by atoms with Gasteiger partial charge in [0, 0.05) is 22.5 Å². The summed E-state index contributed by atoms with van der Waals surface area (Å²) in [5.74, 6) is -0.115. The minimum absolute atomic E-state index is 0.0454. The van der Waals surface area contributed by atoms with E-state index in [4.69, 9.17) is 15.6 Å². The average Bonchev–Trinajstić information content (AvgIpc) is 2.30. The number of carboxylic acid groups (broad SMARTS) is 1. The zero-order valence-corrected chi connectivity index (χ0v) is 12.4. The maximum absolute atomic E-state index is 10.6. The van der Waals surface area contributed by atoms with E-state index in [1.165, 1.54) is 0 Å². The number of ether oxygens (including phenoxy) is 1. The molecule has 3 N–H and O–H groups in total. The summed E-state index contributed by atoms with van der Waals surface area (Å²) in [4.78, 5) is 10.6. The van der Waals surface area contributed by atoms with Gasteiger partial charge in [0.15, 0.2) is 0 Å². The smallest absolute Gasteiger partial charge is 0.303 e. The van der Waals surface area contributed by atoms with E-state index < -0.39 is 5.97 Å². The summed E-state index contributed by atoms with van der Waals surface area (Å²) in [6, 6.07) is 1.65. The molecule has 1 atom stereocenters. The van der Waals surface area contributed by atoms with Gasteiger partial charge in [-0.1, -0.05) is 22.0 Å². The first-order chi connectivity index (χ1) is 8.38. The maximum atomic E-state index is 10.6. The highest BCUT2D eigenvalue weighted by molar-refractivity contribution is 9.10. The lowest BCUT2D eigenvalue weighted by Gasteiger charge is -2.20. The van der Waals surface area contributed by atoms with Crippen LogP contribution >= 0.6 is 15.9 Å². The van der Waals surface area contributed by atoms with Gasteiger partial charge in [0.1, 0.15) is 5.75 Å². The van der Waals surface area contributed by atoms with E-state index in [9.17, 15) is 4.79 Å². The predicted molar refractivity (Wildman–Crippen MR) is 74.0 cm³/mol. The first kappa shape index (κ1) is 15.0. The molecule has 0 amide bonds. The minimum Gasteiger partial charge on any atom is -0.496 e. The summed E-state index contributed by atoms with van der Waals surface area (Å²) in [5.41, 5.74) is 8.99. The van der Waals surface area contributed by atoms with Crippen LogP contribution in [0.5, 0.6) is 5.75 Å². The number of aliphatic carboxylic acids is 1. The monoisotopic (exact) mass is 315 g/mol. The first-order valence-electron chi connectivity index (χ1n) is 5.69. The van der Waals surface area contributed by atoms with Gasteiger partial charge >= 0.3 is 5.97 Å². The summed E-state index contributed by atoms with van der Waals surface area (Å²) >= 11 is 3.51. The fourth-order valence-electron chi connectivity index (χ4n) is 2.00. The van der Waals surface area contributed by atoms with Gasteiger partial charge in [-0.15, -0.1) is 0 Å². The Bertz CT molecular complexity index is 460. The lowest BCUT2D eigenvalue weighted by molar-refractivity contribution is -0.137. The highest BCUT2D eigenvalue weighted by Gasteiger charge is 2.20. The van der Waals surface area contributed by atoms with Crippen LogP contribution < -0.4 is 10.5 Å². The van der Waals surface area contributed by atoms with Crippen molar-refractivity contribution in [1.29, 1.82) is 0 Å². The second kappa shape index (κ2) is 6.20. The Morgan fingerprint density at radius 1 is 1.50 bits per heavy atom. The highest BCUT2D eigenvalue weighted by atomic mass is 79.9. The number of halogens is 1. The van der Waals surface area contributed by atoms with Gasteiger partial charge in [0.2, 0.25) is 0 Å². The third-order valence-corrected chi connectivity index (χ3v) is 3.92. The van der Waals surface area contributed by atoms with Gasteiger partial charge < -0.3 is 15.6 Å². The van der Waals surface area contributed by atoms with Crippen molar-refractivity contribution in [3.8, 4) is 5.75 Å². The number of hydrogen-bond acceptors (Lipinski definition) is 3. The number of hydrogen-bond donors (Lipinski definition) is 2. The van der Waals surface area contributed by atoms with Crippen LogP contribution in [0.2, 0.25) is 0 Å². The van der Waals surface area contributed by atoms with Crippen molar-refractivity contribution in [1.82, 2.24) is 0 Å². The second-order valence-corrected chi connectivity index (χ2v) is 5.10. The van der Waals surface area contributed by atoms with E-state index in [0.29, 0.717) is 6.42 Å². The number of benzene rings is 1. The van der Waals surface area contributed by atoms with Crippen LogP contribution in [0.3, 0.4) is 0 Å². The molecule has 0 heterocycles. The predicted octanol–water partition coefficient (Wildman–Crippen LogP) is 2.94. The Hall–Kier alpha value is -1.07. The van der Waals surface area contributed by atoms with Crippen molar-refractivity contribution < 1.29 is 14.6 Å². The average molecular weight is 316 g/mol. The van der Waals surface area contributed by atoms with E-state index >= 15 is 0 Å². The first-order valence-corrected chi connectivity index (χ1v) is 6.48. The number of aryl methyl sites for hydroxylation is 2. The third kappa shape index (κ3) is 3.23. The molecule has 5 heteroatoms. The van der Waals surface area contributed by atoms with E-state index in [1.54, 1.807) is 7.11 Å². The number of carbonyl (C=O) groups is 1. The Morgan fingerprint density at radius 2 is 2.11 bits per heavy atom. The molecule has 1 unspecified atom stereocenters. The minimum atomic E-state index is -0.843. The van der Waals surface area contributed by atoms with Gasteiger partial charge in [0.25, 0.3) is 0 Å². The number of carboxylic acids is 1. The Morgan fingerprint density at radius 3 is 2.61 bits per heavy atom. The van der Waals surface area contributed by atoms with Crippen LogP contribution in [0, 0.1) is 13.8 Å². The van der Waals surface area contributed by atoms with E-state index in [-0.39, 0.29) is 12.5 Å². The molecule has 0 spiro atoms. The van der Waals surface area contributed by atoms with Gasteiger partial charge in [-0.25, -0.2) is 0 Å². The molecule has 0 aliphatic heterocycles. The standard InChI is InChI=1S/C13H18BrNO3/c1-7-6-8(2)13(18-3)11(12(7)14)9(15)4-5-10(16)17/h6,9H,4-5,15H2,1-3H3,(H,16,17). The molecule has 0 saturated heterocycles. The molecule has 100 valence electrons. The fourth-order valence-corrected chi connectivity index (χ4v) is 2.59. The van der Waals surface area contributed by atoms with Crippen molar-refractivity contribution in [2.45, 2.75) is 32.7 Å². The van der Waals surface area contributed by atoms with E-state index in [1.807, 2.05) is 19.9 Å². The molecule has 0 saturated carbocycles. The van der Waals surface area contributed by atoms with Crippen molar-refractivity contribution in [2.75, 3.05) is 7.11 Å². The summed E-state index contributed by atoms with van der Waals surface area (Å²) in [7, 11) is 1.59. The van der Waals surface area contributed by atoms with Crippen LogP contribution in [0.25, 0.3) is 0 Å². The molecular formula is C13H18BrNO3. The molecule has 1 rings (SSSR count). The third-order valence-electron chi connectivity index (χ3n) is 2.86. The normalized spacial score (nSPS) is 12.3. The molecule has 18 heavy (non-hydrogen) atoms. The molecule has 1 aromatic carbocycles. The molecular weight excluding hydrogens is 298 g/mol. The Balaban J connectivity index is 3.16. The second-order valence-electron chi connectivity index (χ2n) is 4.31. The van der Waals surface area contributed by atoms with Gasteiger partial charge in [-0.05, 0) is 31.4 Å². The highest BCUT2D eigenvalue weighted by Crippen LogP contribution is 2.38. The molecule has 0 fully saturated rings. The molecule has 1 aromatic rings. The van der Waals surface area contributed by atoms with Crippen LogP contribution in [-0.4, -0.2) is 18.2 Å². The quantitative estimate of drug-likeness (QED) is 0.876. The molecule has 0 aliphatic carbocycles. The van der Waals surface area contributed by atoms with E-state index in [2.05, 4.69) is 15.9 Å². The summed E-state index contributed by atoms with van der Waals surface area (Å²) in [6.07, 6.45) is 0.428. The van der Waals surface area contributed by atoms with Crippen molar-refractivity contribution in [3.05, 3.63) is 27.2 Å². The zero-order chi connectivity index (χ0) is 13.9. The summed E-state index contributed by atoms with van der Waals surface area (Å²) < 4.78 is 6.27. The fraction of sp³-hybridized carbons (Fsp3) is 0.462. The Kier molecular flexibility index (Phi) is 5.16. The number of methoxy groups -OCH3 is 1. The number of rotatable bonds is 5. The van der Waals surface area contributed by atoms with Crippen molar-refractivity contribution >= 4 is 21.9 Å². The van der Waals surface area contributed by atoms with Crippen LogP contribution in [0.4, 0.5) is 0 Å². The van der Waals surface area contributed by atoms with Crippen LogP contribution in [-0.2, 0) is 4.79 Å². The lowest BCUT2D eigenvalue weighted by Crippen LogP contribution is -2.15.